The highest BCUT2D eigenvalue weighted by Gasteiger charge is 2.22. The molecule has 0 aliphatic heterocycles. The molecule has 1 aromatic carbocycles. The molecule has 0 spiro atoms. The van der Waals surface area contributed by atoms with Gasteiger partial charge in [-0.2, -0.15) is 5.10 Å². The van der Waals surface area contributed by atoms with Crippen LogP contribution in [0.4, 0.5) is 4.39 Å². The third-order valence-electron chi connectivity index (χ3n) is 3.32. The summed E-state index contributed by atoms with van der Waals surface area (Å²) in [7, 11) is 0. The second kappa shape index (κ2) is 6.91. The van der Waals surface area contributed by atoms with Gasteiger partial charge in [-0.1, -0.05) is 5.16 Å². The highest BCUT2D eigenvalue weighted by atomic mass is 79.9. The summed E-state index contributed by atoms with van der Waals surface area (Å²) in [4.78, 5) is 16.9. The molecule has 1 unspecified atom stereocenters. The molecule has 1 heterocycles. The first-order chi connectivity index (χ1) is 10.8. The van der Waals surface area contributed by atoms with Gasteiger partial charge in [0.05, 0.1) is 15.9 Å². The quantitative estimate of drug-likeness (QED) is 0.381. The van der Waals surface area contributed by atoms with Crippen LogP contribution in [0.25, 0.3) is 0 Å². The molecule has 1 aromatic heterocycles. The molecule has 1 atom stereocenters. The minimum atomic E-state index is -0.662. The molecule has 0 aliphatic rings. The number of nitrogens with two attached hydrogens (primary N) is 1. The highest BCUT2D eigenvalue weighted by Crippen LogP contribution is 2.23. The first-order valence-electron chi connectivity index (χ1n) is 6.82. The van der Waals surface area contributed by atoms with Crippen LogP contribution in [0.1, 0.15) is 29.9 Å². The van der Waals surface area contributed by atoms with Crippen molar-refractivity contribution in [2.24, 2.45) is 10.9 Å². The number of hydrogen-bond acceptors (Lipinski definition) is 4. The van der Waals surface area contributed by atoms with Crippen LogP contribution in [0.15, 0.2) is 33.9 Å². The molecule has 0 saturated heterocycles. The largest absolute Gasteiger partial charge is 0.380 e. The third-order valence-corrected chi connectivity index (χ3v) is 4.47. The van der Waals surface area contributed by atoms with Gasteiger partial charge < -0.3 is 10.6 Å². The van der Waals surface area contributed by atoms with Gasteiger partial charge in [0, 0.05) is 5.56 Å². The summed E-state index contributed by atoms with van der Waals surface area (Å²) in [6.07, 6.45) is 0. The van der Waals surface area contributed by atoms with E-state index in [-0.39, 0.29) is 11.7 Å². The Kier molecular flexibility index (Phi) is 5.15. The van der Waals surface area contributed by atoms with Gasteiger partial charge in [-0.05, 0) is 61.0 Å². The Balaban J connectivity index is 2.10. The molecule has 0 fully saturated rings. The molecular weight excluding hydrogens is 367 g/mol. The summed E-state index contributed by atoms with van der Waals surface area (Å²) in [5.74, 6) is -1.00. The zero-order valence-electron chi connectivity index (χ0n) is 12.9. The fourth-order valence-corrected chi connectivity index (χ4v) is 2.22. The number of rotatable bonds is 4. The summed E-state index contributed by atoms with van der Waals surface area (Å²) in [6, 6.07) is 4.72. The minimum absolute atomic E-state index is 0.0138. The number of aromatic nitrogens is 2. The van der Waals surface area contributed by atoms with Crippen molar-refractivity contribution >= 4 is 27.7 Å². The van der Waals surface area contributed by atoms with Crippen molar-refractivity contribution in [3.63, 3.8) is 0 Å². The number of benzene rings is 1. The number of carbonyl (C=O) groups is 1. The Morgan fingerprint density at radius 2 is 2.00 bits per heavy atom. The average Bonchev–Trinajstić information content (AvgIpc) is 2.79. The maximum Gasteiger partial charge on any atom is 0.359 e. The van der Waals surface area contributed by atoms with Crippen molar-refractivity contribution in [3.8, 4) is 0 Å². The topological polar surface area (TPSA) is 82.5 Å². The summed E-state index contributed by atoms with van der Waals surface area (Å²) >= 11 is 3.40. The molecule has 0 aliphatic carbocycles. The zero-order chi connectivity index (χ0) is 17.1. The van der Waals surface area contributed by atoms with E-state index in [1.165, 1.54) is 24.3 Å². The molecule has 0 saturated carbocycles. The van der Waals surface area contributed by atoms with E-state index in [0.717, 1.165) is 15.9 Å². The summed E-state index contributed by atoms with van der Waals surface area (Å²) in [6.45, 7) is 5.32. The van der Waals surface area contributed by atoms with Crippen LogP contribution in [-0.4, -0.2) is 21.6 Å². The van der Waals surface area contributed by atoms with Gasteiger partial charge in [0.1, 0.15) is 11.9 Å². The fourth-order valence-electron chi connectivity index (χ4n) is 1.96. The lowest BCUT2D eigenvalue weighted by atomic mass is 10.2. The Morgan fingerprint density at radius 3 is 2.52 bits per heavy atom. The number of carbonyl (C=O) groups excluding carboxylic acids is 1. The van der Waals surface area contributed by atoms with E-state index in [1.807, 2.05) is 13.8 Å². The summed E-state index contributed by atoms with van der Waals surface area (Å²) in [5.41, 5.74) is 7.75. The number of nitrogens with zero attached hydrogens (tertiary/aromatic N) is 3. The van der Waals surface area contributed by atoms with Gasteiger partial charge in [0.15, 0.2) is 5.84 Å². The van der Waals surface area contributed by atoms with Crippen molar-refractivity contribution in [2.75, 3.05) is 0 Å². The van der Waals surface area contributed by atoms with Gasteiger partial charge in [-0.3, -0.25) is 4.68 Å². The number of amidine groups is 1. The second-order valence-corrected chi connectivity index (χ2v) is 5.79. The standard InChI is InChI=1S/C15H16BrFN4O2/c1-8-13(16)9(2)21(19-8)10(3)15(22)23-20-14(18)11-4-6-12(17)7-5-11/h4-7,10H,1-3H3,(H2,18,20). The predicted octanol–water partition coefficient (Wildman–Crippen LogP) is 2.83. The van der Waals surface area contributed by atoms with Crippen LogP contribution in [0, 0.1) is 19.7 Å². The van der Waals surface area contributed by atoms with Crippen LogP contribution in [-0.2, 0) is 9.63 Å². The van der Waals surface area contributed by atoms with Crippen molar-refractivity contribution in [2.45, 2.75) is 26.8 Å². The number of hydrogen-bond donors (Lipinski definition) is 1. The monoisotopic (exact) mass is 382 g/mol. The maximum absolute atomic E-state index is 12.9. The molecule has 23 heavy (non-hydrogen) atoms. The number of halogens is 2. The van der Waals surface area contributed by atoms with Gasteiger partial charge in [-0.15, -0.1) is 0 Å². The smallest absolute Gasteiger partial charge is 0.359 e. The molecule has 2 aromatic rings. The first-order valence-corrected chi connectivity index (χ1v) is 7.62. The number of aryl methyl sites for hydroxylation is 1. The van der Waals surface area contributed by atoms with Gasteiger partial charge in [-0.25, -0.2) is 9.18 Å². The molecule has 2 N–H and O–H groups in total. The van der Waals surface area contributed by atoms with E-state index in [0.29, 0.717) is 5.56 Å². The molecule has 0 amide bonds. The van der Waals surface area contributed by atoms with Crippen LogP contribution in [0.3, 0.4) is 0 Å². The van der Waals surface area contributed by atoms with Crippen molar-refractivity contribution < 1.29 is 14.0 Å². The van der Waals surface area contributed by atoms with Crippen molar-refractivity contribution in [3.05, 3.63) is 51.5 Å². The molecule has 6 nitrogen and oxygen atoms in total. The van der Waals surface area contributed by atoms with Crippen LogP contribution in [0.5, 0.6) is 0 Å². The number of oxime groups is 1. The second-order valence-electron chi connectivity index (χ2n) is 5.00. The lowest BCUT2D eigenvalue weighted by Gasteiger charge is -2.11. The molecule has 122 valence electrons. The normalized spacial score (nSPS) is 13.0. The predicted molar refractivity (Wildman–Crippen MR) is 87.3 cm³/mol. The molecular formula is C15H16BrFN4O2. The lowest BCUT2D eigenvalue weighted by Crippen LogP contribution is -2.22. The first kappa shape index (κ1) is 17.1. The van der Waals surface area contributed by atoms with Gasteiger partial charge >= 0.3 is 5.97 Å². The van der Waals surface area contributed by atoms with Gasteiger partial charge in [0.2, 0.25) is 0 Å². The molecule has 0 bridgehead atoms. The SMILES string of the molecule is Cc1nn(C(C)C(=O)O/N=C(\N)c2ccc(F)cc2)c(C)c1Br. The van der Waals surface area contributed by atoms with Crippen LogP contribution in [0.2, 0.25) is 0 Å². The summed E-state index contributed by atoms with van der Waals surface area (Å²) < 4.78 is 15.2. The van der Waals surface area contributed by atoms with Crippen molar-refractivity contribution in [1.82, 2.24) is 9.78 Å². The Bertz CT molecular complexity index is 756. The lowest BCUT2D eigenvalue weighted by molar-refractivity contribution is -0.147. The maximum atomic E-state index is 12.9. The Labute approximate surface area is 141 Å². The van der Waals surface area contributed by atoms with E-state index in [2.05, 4.69) is 26.2 Å². The molecule has 2 rings (SSSR count). The Hall–Kier alpha value is -2.22. The molecule has 8 heteroatoms. The summed E-state index contributed by atoms with van der Waals surface area (Å²) in [5, 5.41) is 7.87. The third kappa shape index (κ3) is 3.76. The van der Waals surface area contributed by atoms with Crippen molar-refractivity contribution in [1.29, 1.82) is 0 Å². The van der Waals surface area contributed by atoms with E-state index < -0.39 is 12.0 Å². The van der Waals surface area contributed by atoms with E-state index in [4.69, 9.17) is 10.6 Å². The van der Waals surface area contributed by atoms with E-state index in [9.17, 15) is 9.18 Å². The zero-order valence-corrected chi connectivity index (χ0v) is 14.5. The fraction of sp³-hybridized carbons (Fsp3) is 0.267. The van der Waals surface area contributed by atoms with Crippen LogP contribution >= 0.6 is 15.9 Å². The highest BCUT2D eigenvalue weighted by molar-refractivity contribution is 9.10. The minimum Gasteiger partial charge on any atom is -0.380 e. The van der Waals surface area contributed by atoms with E-state index in [1.54, 1.807) is 11.6 Å². The Morgan fingerprint density at radius 1 is 1.39 bits per heavy atom. The van der Waals surface area contributed by atoms with E-state index >= 15 is 0 Å². The van der Waals surface area contributed by atoms with Crippen LogP contribution < -0.4 is 5.73 Å². The van der Waals surface area contributed by atoms with Gasteiger partial charge in [0.25, 0.3) is 0 Å². The molecule has 0 radical (unpaired) electrons. The average molecular weight is 383 g/mol.